The average molecular weight is 277 g/mol. The Morgan fingerprint density at radius 1 is 1.20 bits per heavy atom. The molecule has 0 saturated heterocycles. The molecule has 0 aromatic heterocycles. The van der Waals surface area contributed by atoms with Gasteiger partial charge in [-0.3, -0.25) is 0 Å². The number of hydrogen-bond donors (Lipinski definition) is 1. The minimum absolute atomic E-state index is 0.218. The van der Waals surface area contributed by atoms with Gasteiger partial charge in [0.15, 0.2) is 0 Å². The lowest BCUT2D eigenvalue weighted by Gasteiger charge is -2.46. The predicted octanol–water partition coefficient (Wildman–Crippen LogP) is 3.11. The molecule has 0 heterocycles. The molecule has 1 aromatic carbocycles. The van der Waals surface area contributed by atoms with Crippen molar-refractivity contribution in [3.8, 4) is 0 Å². The van der Waals surface area contributed by atoms with Crippen LogP contribution in [0.25, 0.3) is 0 Å². The van der Waals surface area contributed by atoms with Crippen molar-refractivity contribution < 1.29 is 13.9 Å². The van der Waals surface area contributed by atoms with Crippen molar-refractivity contribution in [2.24, 2.45) is 0 Å². The van der Waals surface area contributed by atoms with Gasteiger partial charge in [-0.1, -0.05) is 28.1 Å². The fraction of sp³-hybridized carbons (Fsp3) is 0.455. The third kappa shape index (κ3) is 1.93. The van der Waals surface area contributed by atoms with E-state index in [-0.39, 0.29) is 19.4 Å². The number of hydrogen-bond acceptors (Lipinski definition) is 1. The van der Waals surface area contributed by atoms with Crippen molar-refractivity contribution in [1.29, 1.82) is 0 Å². The summed E-state index contributed by atoms with van der Waals surface area (Å²) in [6.07, 6.45) is -0.504. The highest BCUT2D eigenvalue weighted by molar-refractivity contribution is 9.10. The molecule has 4 heteroatoms. The Balaban J connectivity index is 2.25. The zero-order valence-corrected chi connectivity index (χ0v) is 9.60. The van der Waals surface area contributed by atoms with Crippen molar-refractivity contribution in [3.63, 3.8) is 0 Å². The molecule has 1 N–H and O–H groups in total. The van der Waals surface area contributed by atoms with Gasteiger partial charge in [0.05, 0.1) is 6.61 Å². The maximum Gasteiger partial charge on any atom is 0.250 e. The van der Waals surface area contributed by atoms with Crippen LogP contribution in [-0.4, -0.2) is 17.6 Å². The van der Waals surface area contributed by atoms with E-state index in [0.29, 0.717) is 0 Å². The summed E-state index contributed by atoms with van der Waals surface area (Å²) in [6.45, 7) is -0.218. The summed E-state index contributed by atoms with van der Waals surface area (Å²) >= 11 is 3.29. The minimum atomic E-state index is -2.62. The van der Waals surface area contributed by atoms with E-state index in [9.17, 15) is 13.9 Å². The Morgan fingerprint density at radius 2 is 1.73 bits per heavy atom. The number of halogens is 3. The predicted molar refractivity (Wildman–Crippen MR) is 57.1 cm³/mol. The maximum absolute atomic E-state index is 12.9. The lowest BCUT2D eigenvalue weighted by molar-refractivity contribution is -0.139. The number of rotatable bonds is 2. The van der Waals surface area contributed by atoms with Crippen molar-refractivity contribution in [3.05, 3.63) is 34.3 Å². The second kappa shape index (κ2) is 3.52. The topological polar surface area (TPSA) is 20.2 Å². The normalized spacial score (nSPS) is 22.1. The van der Waals surface area contributed by atoms with Crippen molar-refractivity contribution in [2.45, 2.75) is 24.2 Å². The summed E-state index contributed by atoms with van der Waals surface area (Å²) in [4.78, 5) is 0. The first-order valence-electron chi connectivity index (χ1n) is 4.72. The van der Waals surface area contributed by atoms with E-state index in [1.807, 2.05) is 12.1 Å². The third-order valence-corrected chi connectivity index (χ3v) is 3.48. The smallest absolute Gasteiger partial charge is 0.250 e. The quantitative estimate of drug-likeness (QED) is 0.880. The lowest BCUT2D eigenvalue weighted by atomic mass is 9.62. The fourth-order valence-corrected chi connectivity index (χ4v) is 2.41. The second-order valence-corrected chi connectivity index (χ2v) is 5.07. The molecule has 82 valence electrons. The highest BCUT2D eigenvalue weighted by Crippen LogP contribution is 2.53. The Labute approximate surface area is 95.2 Å². The van der Waals surface area contributed by atoms with Crippen LogP contribution in [-0.2, 0) is 5.41 Å². The molecule has 0 spiro atoms. The van der Waals surface area contributed by atoms with Crippen molar-refractivity contribution in [1.82, 2.24) is 0 Å². The van der Waals surface area contributed by atoms with Gasteiger partial charge >= 0.3 is 0 Å². The summed E-state index contributed by atoms with van der Waals surface area (Å²) in [5.41, 5.74) is 0.0589. The first-order valence-corrected chi connectivity index (χ1v) is 5.52. The van der Waals surface area contributed by atoms with E-state index in [4.69, 9.17) is 0 Å². The molecular weight excluding hydrogens is 266 g/mol. The summed E-state index contributed by atoms with van der Waals surface area (Å²) in [5.74, 6) is -2.62. The highest BCUT2D eigenvalue weighted by Gasteiger charge is 2.56. The molecule has 15 heavy (non-hydrogen) atoms. The van der Waals surface area contributed by atoms with Crippen LogP contribution < -0.4 is 0 Å². The fourth-order valence-electron chi connectivity index (χ4n) is 2.15. The third-order valence-electron chi connectivity index (χ3n) is 2.95. The largest absolute Gasteiger partial charge is 0.395 e. The SMILES string of the molecule is OCC1(c2ccc(Br)cc2)CC(F)(F)C1. The lowest BCUT2D eigenvalue weighted by Crippen LogP contribution is -2.51. The highest BCUT2D eigenvalue weighted by atomic mass is 79.9. The molecule has 1 fully saturated rings. The van der Waals surface area contributed by atoms with E-state index >= 15 is 0 Å². The van der Waals surface area contributed by atoms with E-state index in [1.165, 1.54) is 0 Å². The molecule has 0 bridgehead atoms. The van der Waals surface area contributed by atoms with Gasteiger partial charge in [-0.25, -0.2) is 8.78 Å². The number of aliphatic hydroxyl groups is 1. The first kappa shape index (κ1) is 11.0. The van der Waals surface area contributed by atoms with Crippen LogP contribution in [0.1, 0.15) is 18.4 Å². The van der Waals surface area contributed by atoms with E-state index < -0.39 is 11.3 Å². The van der Waals surface area contributed by atoms with Crippen LogP contribution in [0.2, 0.25) is 0 Å². The molecule has 1 aliphatic rings. The molecule has 1 aliphatic carbocycles. The number of aliphatic hydroxyl groups excluding tert-OH is 1. The summed E-state index contributed by atoms with van der Waals surface area (Å²) in [7, 11) is 0. The number of benzene rings is 1. The van der Waals surface area contributed by atoms with Gasteiger partial charge in [0.25, 0.3) is 0 Å². The van der Waals surface area contributed by atoms with Gasteiger partial charge in [0, 0.05) is 22.7 Å². The van der Waals surface area contributed by atoms with Crippen LogP contribution in [0.5, 0.6) is 0 Å². The number of alkyl halides is 2. The molecule has 1 saturated carbocycles. The molecule has 0 amide bonds. The zero-order chi connectivity index (χ0) is 11.1. The Bertz CT molecular complexity index is 353. The summed E-state index contributed by atoms with van der Waals surface area (Å²) < 4.78 is 26.6. The molecular formula is C11H11BrF2O. The standard InChI is InChI=1S/C11H11BrF2O/c12-9-3-1-8(2-4-9)10(7-15)5-11(13,14)6-10/h1-4,15H,5-7H2. The molecule has 2 rings (SSSR count). The Hall–Kier alpha value is -0.480. The van der Waals surface area contributed by atoms with Gasteiger partial charge in [0.1, 0.15) is 0 Å². The van der Waals surface area contributed by atoms with E-state index in [1.54, 1.807) is 12.1 Å². The van der Waals surface area contributed by atoms with Crippen molar-refractivity contribution >= 4 is 15.9 Å². The average Bonchev–Trinajstić information content (AvgIpc) is 2.14. The van der Waals surface area contributed by atoms with Gasteiger partial charge < -0.3 is 5.11 Å². The molecule has 0 atom stereocenters. The molecule has 1 aromatic rings. The molecule has 1 nitrogen and oxygen atoms in total. The van der Waals surface area contributed by atoms with Gasteiger partial charge in [-0.05, 0) is 17.7 Å². The van der Waals surface area contributed by atoms with Crippen LogP contribution in [0.3, 0.4) is 0 Å². The first-order chi connectivity index (χ1) is 6.97. The maximum atomic E-state index is 12.9. The van der Waals surface area contributed by atoms with E-state index in [2.05, 4.69) is 15.9 Å². The van der Waals surface area contributed by atoms with Crippen LogP contribution in [0, 0.1) is 0 Å². The zero-order valence-electron chi connectivity index (χ0n) is 8.01. The Kier molecular flexibility index (Phi) is 2.59. The molecule has 0 aliphatic heterocycles. The second-order valence-electron chi connectivity index (χ2n) is 4.15. The van der Waals surface area contributed by atoms with Gasteiger partial charge in [0.2, 0.25) is 5.92 Å². The van der Waals surface area contributed by atoms with Gasteiger partial charge in [-0.15, -0.1) is 0 Å². The monoisotopic (exact) mass is 276 g/mol. The Morgan fingerprint density at radius 3 is 2.13 bits per heavy atom. The van der Waals surface area contributed by atoms with Crippen molar-refractivity contribution in [2.75, 3.05) is 6.61 Å². The molecule has 0 unspecified atom stereocenters. The van der Waals surface area contributed by atoms with Crippen LogP contribution in [0.15, 0.2) is 28.7 Å². The molecule has 0 radical (unpaired) electrons. The summed E-state index contributed by atoms with van der Waals surface area (Å²) in [5, 5.41) is 9.25. The van der Waals surface area contributed by atoms with Crippen LogP contribution >= 0.6 is 15.9 Å². The van der Waals surface area contributed by atoms with Gasteiger partial charge in [-0.2, -0.15) is 0 Å². The van der Waals surface area contributed by atoms with E-state index in [0.717, 1.165) is 10.0 Å². The minimum Gasteiger partial charge on any atom is -0.395 e. The van der Waals surface area contributed by atoms with Crippen LogP contribution in [0.4, 0.5) is 8.78 Å². The summed E-state index contributed by atoms with van der Waals surface area (Å²) in [6, 6.07) is 7.19.